The Morgan fingerprint density at radius 1 is 1.43 bits per heavy atom. The summed E-state index contributed by atoms with van der Waals surface area (Å²) in [6, 6.07) is -1.18. The monoisotopic (exact) mass is 322 g/mol. The van der Waals surface area contributed by atoms with Crippen LogP contribution in [-0.2, 0) is 19.4 Å². The molecule has 21 heavy (non-hydrogen) atoms. The van der Waals surface area contributed by atoms with Crippen molar-refractivity contribution < 1.29 is 27.9 Å². The summed E-state index contributed by atoms with van der Waals surface area (Å²) in [5.74, 6) is -1.55. The van der Waals surface area contributed by atoms with Gasteiger partial charge in [0.05, 0.1) is 30.6 Å². The minimum atomic E-state index is -3.29. The highest BCUT2D eigenvalue weighted by atomic mass is 32.2. The van der Waals surface area contributed by atoms with Gasteiger partial charge in [-0.25, -0.2) is 13.2 Å². The molecule has 1 aliphatic heterocycles. The van der Waals surface area contributed by atoms with Crippen molar-refractivity contribution in [3.05, 3.63) is 0 Å². The van der Waals surface area contributed by atoms with Crippen LogP contribution in [0.1, 0.15) is 13.3 Å². The lowest BCUT2D eigenvalue weighted by atomic mass is 10.2. The predicted octanol–water partition coefficient (Wildman–Crippen LogP) is -0.352. The molecule has 0 aromatic carbocycles. The van der Waals surface area contributed by atoms with Gasteiger partial charge in [0.1, 0.15) is 0 Å². The average molecular weight is 322 g/mol. The van der Waals surface area contributed by atoms with Gasteiger partial charge in [-0.15, -0.1) is 0 Å². The van der Waals surface area contributed by atoms with Crippen molar-refractivity contribution in [1.82, 2.24) is 9.80 Å². The number of carboxylic acid groups (broad SMARTS) is 1. The van der Waals surface area contributed by atoms with E-state index in [0.29, 0.717) is 19.8 Å². The SMILES string of the molecule is CCOCCN(C)C(=O)N1CCS(=O)(=O)CC1CC(=O)O. The molecule has 0 radical (unpaired) electrons. The molecule has 1 aliphatic rings. The van der Waals surface area contributed by atoms with Crippen molar-refractivity contribution >= 4 is 21.8 Å². The number of carboxylic acids is 1. The second kappa shape index (κ2) is 7.60. The van der Waals surface area contributed by atoms with Gasteiger partial charge in [-0.3, -0.25) is 4.79 Å². The number of carbonyl (C=O) groups is 2. The number of hydrogen-bond donors (Lipinski definition) is 1. The summed E-state index contributed by atoms with van der Waals surface area (Å²) in [5, 5.41) is 8.88. The molecule has 1 unspecified atom stereocenters. The predicted molar refractivity (Wildman–Crippen MR) is 75.9 cm³/mol. The van der Waals surface area contributed by atoms with Gasteiger partial charge in [0.15, 0.2) is 9.84 Å². The van der Waals surface area contributed by atoms with Gasteiger partial charge in [0.25, 0.3) is 0 Å². The summed E-state index contributed by atoms with van der Waals surface area (Å²) in [5.41, 5.74) is 0. The maximum absolute atomic E-state index is 12.3. The van der Waals surface area contributed by atoms with E-state index in [-0.39, 0.29) is 30.5 Å². The van der Waals surface area contributed by atoms with Gasteiger partial charge in [-0.2, -0.15) is 0 Å². The Morgan fingerprint density at radius 3 is 2.67 bits per heavy atom. The van der Waals surface area contributed by atoms with Crippen molar-refractivity contribution in [1.29, 1.82) is 0 Å². The second-order valence-corrected chi connectivity index (χ2v) is 7.19. The number of ether oxygens (including phenoxy) is 1. The summed E-state index contributed by atoms with van der Waals surface area (Å²) >= 11 is 0. The fourth-order valence-corrected chi connectivity index (χ4v) is 3.70. The molecule has 0 saturated carbocycles. The molecule has 0 bridgehead atoms. The van der Waals surface area contributed by atoms with Crippen molar-refractivity contribution in [3.63, 3.8) is 0 Å². The number of nitrogens with zero attached hydrogens (tertiary/aromatic N) is 2. The molecule has 0 spiro atoms. The maximum atomic E-state index is 12.3. The summed E-state index contributed by atoms with van der Waals surface area (Å²) in [6.45, 7) is 3.17. The number of amides is 2. The van der Waals surface area contributed by atoms with E-state index in [1.807, 2.05) is 6.92 Å². The number of sulfone groups is 1. The molecule has 1 N–H and O–H groups in total. The van der Waals surface area contributed by atoms with E-state index in [9.17, 15) is 18.0 Å². The lowest BCUT2D eigenvalue weighted by molar-refractivity contribution is -0.138. The van der Waals surface area contributed by atoms with E-state index in [2.05, 4.69) is 0 Å². The van der Waals surface area contributed by atoms with Crippen LogP contribution in [-0.4, -0.2) is 86.2 Å². The van der Waals surface area contributed by atoms with Gasteiger partial charge in [-0.1, -0.05) is 0 Å². The number of rotatable bonds is 6. The van der Waals surface area contributed by atoms with Gasteiger partial charge >= 0.3 is 12.0 Å². The third-order valence-electron chi connectivity index (χ3n) is 3.29. The minimum absolute atomic E-state index is 0.0259. The fourth-order valence-electron chi connectivity index (χ4n) is 2.17. The first-order chi connectivity index (χ1) is 9.76. The number of urea groups is 1. The van der Waals surface area contributed by atoms with Gasteiger partial charge < -0.3 is 19.6 Å². The van der Waals surface area contributed by atoms with Crippen molar-refractivity contribution in [2.75, 3.05) is 44.9 Å². The van der Waals surface area contributed by atoms with Crippen LogP contribution in [0, 0.1) is 0 Å². The highest BCUT2D eigenvalue weighted by Crippen LogP contribution is 2.16. The Labute approximate surface area is 124 Å². The van der Waals surface area contributed by atoms with Crippen LogP contribution in [0.25, 0.3) is 0 Å². The molecule has 122 valence electrons. The molecule has 1 heterocycles. The fraction of sp³-hybridized carbons (Fsp3) is 0.833. The van der Waals surface area contributed by atoms with E-state index in [0.717, 1.165) is 0 Å². The summed E-state index contributed by atoms with van der Waals surface area (Å²) in [4.78, 5) is 25.9. The first-order valence-corrected chi connectivity index (χ1v) is 8.60. The third kappa shape index (κ3) is 5.50. The molecule has 8 nitrogen and oxygen atoms in total. The number of likely N-dealkylation sites (N-methyl/N-ethyl adjacent to an activating group) is 1. The topological polar surface area (TPSA) is 104 Å². The van der Waals surface area contributed by atoms with E-state index >= 15 is 0 Å². The zero-order chi connectivity index (χ0) is 16.0. The lowest BCUT2D eigenvalue weighted by Gasteiger charge is -2.37. The largest absolute Gasteiger partial charge is 0.481 e. The van der Waals surface area contributed by atoms with Crippen LogP contribution in [0.2, 0.25) is 0 Å². The van der Waals surface area contributed by atoms with Crippen LogP contribution in [0.3, 0.4) is 0 Å². The van der Waals surface area contributed by atoms with Crippen LogP contribution >= 0.6 is 0 Å². The average Bonchev–Trinajstić information content (AvgIpc) is 2.36. The van der Waals surface area contributed by atoms with E-state index in [1.54, 1.807) is 7.05 Å². The van der Waals surface area contributed by atoms with Gasteiger partial charge in [0, 0.05) is 26.7 Å². The Hall–Kier alpha value is -1.35. The highest BCUT2D eigenvalue weighted by Gasteiger charge is 2.36. The van der Waals surface area contributed by atoms with Gasteiger partial charge in [0.2, 0.25) is 0 Å². The molecule has 1 saturated heterocycles. The first-order valence-electron chi connectivity index (χ1n) is 6.78. The Bertz CT molecular complexity index is 478. The molecule has 0 aromatic rings. The Balaban J connectivity index is 2.72. The van der Waals surface area contributed by atoms with E-state index < -0.39 is 21.8 Å². The summed E-state index contributed by atoms with van der Waals surface area (Å²) < 4.78 is 28.4. The van der Waals surface area contributed by atoms with Crippen molar-refractivity contribution in [2.45, 2.75) is 19.4 Å². The molecular weight excluding hydrogens is 300 g/mol. The lowest BCUT2D eigenvalue weighted by Crippen LogP contribution is -2.55. The van der Waals surface area contributed by atoms with E-state index in [1.165, 1.54) is 9.80 Å². The summed E-state index contributed by atoms with van der Waals surface area (Å²) in [7, 11) is -1.71. The van der Waals surface area contributed by atoms with Crippen LogP contribution in [0.15, 0.2) is 0 Å². The van der Waals surface area contributed by atoms with Gasteiger partial charge in [-0.05, 0) is 6.92 Å². The maximum Gasteiger partial charge on any atom is 0.320 e. The number of aliphatic carboxylic acids is 1. The molecule has 1 atom stereocenters. The third-order valence-corrected chi connectivity index (χ3v) is 4.99. The standard InChI is InChI=1S/C12H22N2O6S/c1-3-20-6-4-13(2)12(17)14-5-7-21(18,19)9-10(14)8-11(15)16/h10H,3-9H2,1-2H3,(H,15,16). The molecule has 9 heteroatoms. The Kier molecular flexibility index (Phi) is 6.41. The van der Waals surface area contributed by atoms with Crippen molar-refractivity contribution in [2.24, 2.45) is 0 Å². The first kappa shape index (κ1) is 17.7. The zero-order valence-corrected chi connectivity index (χ0v) is 13.1. The number of carbonyl (C=O) groups excluding carboxylic acids is 1. The second-order valence-electron chi connectivity index (χ2n) is 4.96. The van der Waals surface area contributed by atoms with Crippen molar-refractivity contribution in [3.8, 4) is 0 Å². The minimum Gasteiger partial charge on any atom is -0.481 e. The van der Waals surface area contributed by atoms with Crippen LogP contribution in [0.4, 0.5) is 4.79 Å². The normalized spacial score (nSPS) is 21.0. The molecule has 0 aliphatic carbocycles. The van der Waals surface area contributed by atoms with Crippen LogP contribution in [0.5, 0.6) is 0 Å². The van der Waals surface area contributed by atoms with Crippen LogP contribution < -0.4 is 0 Å². The highest BCUT2D eigenvalue weighted by molar-refractivity contribution is 7.91. The molecular formula is C12H22N2O6S. The zero-order valence-electron chi connectivity index (χ0n) is 12.3. The summed E-state index contributed by atoms with van der Waals surface area (Å²) in [6.07, 6.45) is -0.371. The quantitative estimate of drug-likeness (QED) is 0.670. The molecule has 1 rings (SSSR count). The smallest absolute Gasteiger partial charge is 0.320 e. The molecule has 2 amide bonds. The Morgan fingerprint density at radius 2 is 2.10 bits per heavy atom. The molecule has 1 fully saturated rings. The van der Waals surface area contributed by atoms with E-state index in [4.69, 9.17) is 9.84 Å². The number of hydrogen-bond acceptors (Lipinski definition) is 5. The molecule has 0 aromatic heterocycles.